The van der Waals surface area contributed by atoms with Gasteiger partial charge in [0, 0.05) is 17.1 Å². The van der Waals surface area contributed by atoms with E-state index in [-0.39, 0.29) is 5.78 Å². The summed E-state index contributed by atoms with van der Waals surface area (Å²) in [6.45, 7) is 2.06. The van der Waals surface area contributed by atoms with Crippen molar-refractivity contribution in [2.75, 3.05) is 0 Å². The average Bonchev–Trinajstić information content (AvgIpc) is 3.05. The van der Waals surface area contributed by atoms with Crippen LogP contribution in [0.15, 0.2) is 35.8 Å². The number of carbonyl (C=O) groups excluding carboxylic acids is 1. The largest absolute Gasteiger partial charge is 0.359 e. The second-order valence-electron chi connectivity index (χ2n) is 4.32. The van der Waals surface area contributed by atoms with Crippen LogP contribution in [0.2, 0.25) is 5.02 Å². The number of thiophene rings is 1. The number of carbonyl (C=O) groups is 1. The Labute approximate surface area is 120 Å². The number of H-pyrrole nitrogens is 1. The van der Waals surface area contributed by atoms with Gasteiger partial charge >= 0.3 is 0 Å². The summed E-state index contributed by atoms with van der Waals surface area (Å²) in [6, 6.07) is 7.62. The van der Waals surface area contributed by atoms with Crippen LogP contribution in [0.5, 0.6) is 0 Å². The van der Waals surface area contributed by atoms with Crippen LogP contribution in [0, 0.1) is 0 Å². The Morgan fingerprint density at radius 1 is 1.37 bits per heavy atom. The second kappa shape index (κ2) is 4.83. The molecule has 2 heterocycles. The highest BCUT2D eigenvalue weighted by Crippen LogP contribution is 2.29. The number of aryl methyl sites for hydroxylation is 1. The minimum Gasteiger partial charge on any atom is -0.359 e. The number of hydrogen-bond acceptors (Lipinski definition) is 2. The SMILES string of the molecule is CCc1ccsc1C(=O)c1c[nH]c2c(Cl)cccc12. The number of rotatable bonds is 3. The zero-order chi connectivity index (χ0) is 13.4. The number of ketones is 1. The molecule has 0 aliphatic carbocycles. The number of para-hydroxylation sites is 1. The molecule has 0 amide bonds. The van der Waals surface area contributed by atoms with E-state index in [4.69, 9.17) is 11.6 Å². The molecule has 0 saturated carbocycles. The predicted molar refractivity (Wildman–Crippen MR) is 80.4 cm³/mol. The lowest BCUT2D eigenvalue weighted by Gasteiger charge is -2.00. The number of fused-ring (bicyclic) bond motifs is 1. The lowest BCUT2D eigenvalue weighted by atomic mass is 10.0. The van der Waals surface area contributed by atoms with E-state index >= 15 is 0 Å². The lowest BCUT2D eigenvalue weighted by molar-refractivity contribution is 0.104. The summed E-state index contributed by atoms with van der Waals surface area (Å²) in [5.41, 5.74) is 2.61. The van der Waals surface area contributed by atoms with Gasteiger partial charge in [-0.15, -0.1) is 11.3 Å². The Bertz CT molecular complexity index is 756. The molecule has 0 radical (unpaired) electrons. The number of nitrogens with one attached hydrogen (secondary N) is 1. The van der Waals surface area contributed by atoms with Crippen molar-refractivity contribution < 1.29 is 4.79 Å². The van der Waals surface area contributed by atoms with E-state index in [2.05, 4.69) is 11.9 Å². The van der Waals surface area contributed by atoms with Crippen molar-refractivity contribution in [3.63, 3.8) is 0 Å². The molecule has 0 fully saturated rings. The number of aromatic nitrogens is 1. The number of aromatic amines is 1. The van der Waals surface area contributed by atoms with E-state index in [0.29, 0.717) is 10.6 Å². The molecule has 1 aromatic carbocycles. The minimum absolute atomic E-state index is 0.0698. The maximum Gasteiger partial charge on any atom is 0.205 e. The van der Waals surface area contributed by atoms with Crippen LogP contribution in [0.3, 0.4) is 0 Å². The van der Waals surface area contributed by atoms with Gasteiger partial charge in [0.25, 0.3) is 0 Å². The minimum atomic E-state index is 0.0698. The quantitative estimate of drug-likeness (QED) is 0.698. The standard InChI is InChI=1S/C15H12ClNOS/c1-2-9-6-7-19-15(9)14(18)11-8-17-13-10(11)4-3-5-12(13)16/h3-8,17H,2H2,1H3. The van der Waals surface area contributed by atoms with Gasteiger partial charge in [0.05, 0.1) is 15.4 Å². The zero-order valence-electron chi connectivity index (χ0n) is 10.4. The van der Waals surface area contributed by atoms with Crippen molar-refractivity contribution in [3.05, 3.63) is 56.9 Å². The molecular formula is C15H12ClNOS. The van der Waals surface area contributed by atoms with Crippen LogP contribution < -0.4 is 0 Å². The third kappa shape index (κ3) is 1.99. The van der Waals surface area contributed by atoms with Gasteiger partial charge in [0.1, 0.15) is 0 Å². The second-order valence-corrected chi connectivity index (χ2v) is 5.65. The van der Waals surface area contributed by atoms with Crippen molar-refractivity contribution >= 4 is 39.6 Å². The molecule has 0 aliphatic heterocycles. The van der Waals surface area contributed by atoms with Gasteiger partial charge in [-0.3, -0.25) is 4.79 Å². The van der Waals surface area contributed by atoms with Crippen LogP contribution >= 0.6 is 22.9 Å². The number of halogens is 1. The summed E-state index contributed by atoms with van der Waals surface area (Å²) in [5, 5.41) is 3.49. The van der Waals surface area contributed by atoms with E-state index in [9.17, 15) is 4.79 Å². The Balaban J connectivity index is 2.15. The van der Waals surface area contributed by atoms with Crippen molar-refractivity contribution in [1.29, 1.82) is 0 Å². The predicted octanol–water partition coefficient (Wildman–Crippen LogP) is 4.68. The van der Waals surface area contributed by atoms with Crippen molar-refractivity contribution in [2.24, 2.45) is 0 Å². The van der Waals surface area contributed by atoms with E-state index in [1.54, 1.807) is 6.20 Å². The van der Waals surface area contributed by atoms with Gasteiger partial charge < -0.3 is 4.98 Å². The van der Waals surface area contributed by atoms with E-state index in [1.165, 1.54) is 11.3 Å². The summed E-state index contributed by atoms with van der Waals surface area (Å²) in [4.78, 5) is 16.5. The summed E-state index contributed by atoms with van der Waals surface area (Å²) in [5.74, 6) is 0.0698. The van der Waals surface area contributed by atoms with Crippen LogP contribution in [-0.2, 0) is 6.42 Å². The summed E-state index contributed by atoms with van der Waals surface area (Å²) >= 11 is 7.62. The molecule has 2 aromatic heterocycles. The van der Waals surface area contributed by atoms with Gasteiger partial charge in [0.2, 0.25) is 5.78 Å². The molecule has 1 N–H and O–H groups in total. The fourth-order valence-corrected chi connectivity index (χ4v) is 3.42. The fraction of sp³-hybridized carbons (Fsp3) is 0.133. The fourth-order valence-electron chi connectivity index (χ4n) is 2.24. The summed E-state index contributed by atoms with van der Waals surface area (Å²) in [6.07, 6.45) is 2.62. The highest BCUT2D eigenvalue weighted by atomic mass is 35.5. The maximum absolute atomic E-state index is 12.6. The van der Waals surface area contributed by atoms with Gasteiger partial charge in [-0.2, -0.15) is 0 Å². The van der Waals surface area contributed by atoms with Crippen molar-refractivity contribution in [2.45, 2.75) is 13.3 Å². The molecule has 3 aromatic rings. The Kier molecular flexibility index (Phi) is 3.17. The summed E-state index contributed by atoms with van der Waals surface area (Å²) < 4.78 is 0. The van der Waals surface area contributed by atoms with Crippen molar-refractivity contribution in [1.82, 2.24) is 4.98 Å². The number of hydrogen-bond donors (Lipinski definition) is 1. The molecule has 0 spiro atoms. The zero-order valence-corrected chi connectivity index (χ0v) is 11.9. The molecule has 0 unspecified atom stereocenters. The molecule has 2 nitrogen and oxygen atoms in total. The lowest BCUT2D eigenvalue weighted by Crippen LogP contribution is -2.00. The molecule has 4 heteroatoms. The van der Waals surface area contributed by atoms with Gasteiger partial charge in [-0.05, 0) is 29.5 Å². The Morgan fingerprint density at radius 2 is 2.21 bits per heavy atom. The molecular weight excluding hydrogens is 278 g/mol. The van der Waals surface area contributed by atoms with E-state index in [0.717, 1.165) is 27.8 Å². The summed E-state index contributed by atoms with van der Waals surface area (Å²) in [7, 11) is 0. The van der Waals surface area contributed by atoms with E-state index in [1.807, 2.05) is 29.6 Å². The molecule has 3 rings (SSSR count). The Hall–Kier alpha value is -1.58. The Morgan fingerprint density at radius 3 is 3.00 bits per heavy atom. The van der Waals surface area contributed by atoms with Gasteiger partial charge in [-0.1, -0.05) is 30.7 Å². The van der Waals surface area contributed by atoms with Crippen LogP contribution in [0.25, 0.3) is 10.9 Å². The van der Waals surface area contributed by atoms with Gasteiger partial charge in [-0.25, -0.2) is 0 Å². The molecule has 96 valence electrons. The normalized spacial score (nSPS) is 11.1. The van der Waals surface area contributed by atoms with Crippen LogP contribution in [0.1, 0.15) is 27.7 Å². The maximum atomic E-state index is 12.6. The first-order chi connectivity index (χ1) is 9.22. The van der Waals surface area contributed by atoms with Crippen molar-refractivity contribution in [3.8, 4) is 0 Å². The van der Waals surface area contributed by atoms with Crippen LogP contribution in [-0.4, -0.2) is 10.8 Å². The third-order valence-electron chi connectivity index (χ3n) is 3.24. The average molecular weight is 290 g/mol. The van der Waals surface area contributed by atoms with E-state index < -0.39 is 0 Å². The topological polar surface area (TPSA) is 32.9 Å². The number of benzene rings is 1. The highest BCUT2D eigenvalue weighted by molar-refractivity contribution is 7.12. The first kappa shape index (κ1) is 12.5. The first-order valence-corrected chi connectivity index (χ1v) is 7.34. The third-order valence-corrected chi connectivity index (χ3v) is 4.51. The smallest absolute Gasteiger partial charge is 0.205 e. The van der Waals surface area contributed by atoms with Gasteiger partial charge in [0.15, 0.2) is 0 Å². The molecule has 0 atom stereocenters. The van der Waals surface area contributed by atoms with Crippen LogP contribution in [0.4, 0.5) is 0 Å². The highest BCUT2D eigenvalue weighted by Gasteiger charge is 2.18. The first-order valence-electron chi connectivity index (χ1n) is 6.09. The molecule has 0 saturated heterocycles. The monoisotopic (exact) mass is 289 g/mol. The molecule has 19 heavy (non-hydrogen) atoms. The molecule has 0 bridgehead atoms. The molecule has 0 aliphatic rings.